The molecule has 0 fully saturated rings. The van der Waals surface area contributed by atoms with E-state index >= 15 is 0 Å². The molecule has 7 heteroatoms. The monoisotopic (exact) mass is 648 g/mol. The average Bonchev–Trinajstić information content (AvgIpc) is 3.12. The lowest BCUT2D eigenvalue weighted by atomic mass is 9.90. The number of rotatable bonds is 0. The Balaban J connectivity index is 1.31. The standard InChI is InChI=1S/C42H36N2O5/c1-28-22-35-33-12-4-2-10-29(33)24-31(41(35)45)26-43-37-14-6-8-16-39(37)48-20-18-47-19-21-49-40-17-9-7-15-38(40)44-27-32-25-30-11-3-5-13-34(30)36(23-28)42(32)46/h2-17,24-27,45-46H,1,18-23H2. The maximum absolute atomic E-state index is 11.7. The molecular weight excluding hydrogens is 612 g/mol. The third kappa shape index (κ3) is 7.03. The van der Waals surface area contributed by atoms with Crippen LogP contribution in [0.15, 0.2) is 131 Å². The molecule has 0 spiro atoms. The minimum atomic E-state index is 0.140. The Labute approximate surface area is 285 Å². The van der Waals surface area contributed by atoms with E-state index in [1.165, 1.54) is 0 Å². The van der Waals surface area contributed by atoms with Crippen molar-refractivity contribution in [3.63, 3.8) is 0 Å². The zero-order valence-corrected chi connectivity index (χ0v) is 27.0. The van der Waals surface area contributed by atoms with E-state index < -0.39 is 0 Å². The molecule has 0 amide bonds. The fraction of sp³-hybridized carbons (Fsp3) is 0.143. The smallest absolute Gasteiger partial charge is 0.145 e. The quantitative estimate of drug-likeness (QED) is 0.160. The Hall–Kier alpha value is -5.92. The first-order valence-corrected chi connectivity index (χ1v) is 16.3. The Morgan fingerprint density at radius 1 is 0.531 bits per heavy atom. The molecule has 7 rings (SSSR count). The normalized spacial score (nSPS) is 14.3. The number of para-hydroxylation sites is 4. The number of aliphatic imine (C=N–C) groups is 2. The van der Waals surface area contributed by atoms with Gasteiger partial charge in [0.1, 0.15) is 47.6 Å². The first-order chi connectivity index (χ1) is 24.0. The molecule has 0 aliphatic carbocycles. The van der Waals surface area contributed by atoms with Crippen molar-refractivity contribution in [2.75, 3.05) is 26.4 Å². The van der Waals surface area contributed by atoms with Gasteiger partial charge in [0, 0.05) is 34.7 Å². The lowest BCUT2D eigenvalue weighted by molar-refractivity contribution is 0.0767. The molecule has 244 valence electrons. The summed E-state index contributed by atoms with van der Waals surface area (Å²) >= 11 is 0. The van der Waals surface area contributed by atoms with Crippen LogP contribution in [0.2, 0.25) is 0 Å². The summed E-state index contributed by atoms with van der Waals surface area (Å²) in [6.07, 6.45) is 4.13. The van der Waals surface area contributed by atoms with E-state index in [4.69, 9.17) is 24.2 Å². The summed E-state index contributed by atoms with van der Waals surface area (Å²) < 4.78 is 17.8. The van der Waals surface area contributed by atoms with Crippen molar-refractivity contribution in [3.8, 4) is 23.0 Å². The van der Waals surface area contributed by atoms with Crippen molar-refractivity contribution in [2.45, 2.75) is 12.8 Å². The van der Waals surface area contributed by atoms with Gasteiger partial charge in [-0.3, -0.25) is 9.98 Å². The zero-order chi connectivity index (χ0) is 33.6. The zero-order valence-electron chi connectivity index (χ0n) is 27.0. The van der Waals surface area contributed by atoms with Gasteiger partial charge in [0.25, 0.3) is 0 Å². The molecule has 0 radical (unpaired) electrons. The summed E-state index contributed by atoms with van der Waals surface area (Å²) in [6.45, 7) is 5.82. The van der Waals surface area contributed by atoms with Crippen molar-refractivity contribution in [3.05, 3.63) is 144 Å². The van der Waals surface area contributed by atoms with Gasteiger partial charge in [0.05, 0.1) is 13.2 Å². The average molecular weight is 649 g/mol. The fourth-order valence-corrected chi connectivity index (χ4v) is 6.16. The number of aromatic hydroxyl groups is 2. The Kier molecular flexibility index (Phi) is 9.34. The Morgan fingerprint density at radius 3 is 1.45 bits per heavy atom. The van der Waals surface area contributed by atoms with Crippen LogP contribution in [-0.2, 0) is 17.6 Å². The first kappa shape index (κ1) is 31.7. The summed E-state index contributed by atoms with van der Waals surface area (Å²) in [5, 5.41) is 27.1. The summed E-state index contributed by atoms with van der Waals surface area (Å²) in [7, 11) is 0. The van der Waals surface area contributed by atoms with Crippen LogP contribution in [0, 0.1) is 0 Å². The molecule has 1 heterocycles. The number of hydrogen-bond acceptors (Lipinski definition) is 7. The van der Waals surface area contributed by atoms with Crippen molar-refractivity contribution >= 4 is 45.3 Å². The van der Waals surface area contributed by atoms with Gasteiger partial charge in [0.15, 0.2) is 0 Å². The van der Waals surface area contributed by atoms with Crippen molar-refractivity contribution < 1.29 is 24.4 Å². The van der Waals surface area contributed by atoms with Gasteiger partial charge >= 0.3 is 0 Å². The van der Waals surface area contributed by atoms with E-state index in [-0.39, 0.29) is 11.5 Å². The number of fused-ring (bicyclic) bond motifs is 10. The molecule has 7 nitrogen and oxygen atoms in total. The second kappa shape index (κ2) is 14.5. The first-order valence-electron chi connectivity index (χ1n) is 16.3. The summed E-state index contributed by atoms with van der Waals surface area (Å²) in [5.41, 5.74) is 4.77. The van der Waals surface area contributed by atoms with Gasteiger partial charge in [-0.2, -0.15) is 0 Å². The summed E-state index contributed by atoms with van der Waals surface area (Å²) in [4.78, 5) is 9.45. The predicted octanol–water partition coefficient (Wildman–Crippen LogP) is 9.03. The van der Waals surface area contributed by atoms with Crippen molar-refractivity contribution in [2.24, 2.45) is 9.98 Å². The van der Waals surface area contributed by atoms with E-state index in [9.17, 15) is 10.2 Å². The SMILES string of the molecule is C=C1Cc2c(O)c(cc3ccccc23)C=Nc2ccccc2OCCOCCOc2ccccc2N=Cc2cc3ccccc3c(c2O)C1. The van der Waals surface area contributed by atoms with Crippen molar-refractivity contribution in [1.29, 1.82) is 0 Å². The molecule has 0 saturated carbocycles. The molecule has 0 atom stereocenters. The molecule has 2 N–H and O–H groups in total. The number of phenolic OH excluding ortho intramolecular Hbond substituents is 2. The third-order valence-electron chi connectivity index (χ3n) is 8.55. The van der Waals surface area contributed by atoms with Gasteiger partial charge in [-0.1, -0.05) is 84.9 Å². The van der Waals surface area contributed by atoms with Crippen LogP contribution in [0.4, 0.5) is 11.4 Å². The molecule has 0 saturated heterocycles. The Bertz CT molecular complexity index is 2070. The second-order valence-corrected chi connectivity index (χ2v) is 11.9. The van der Waals surface area contributed by atoms with E-state index in [2.05, 4.69) is 6.58 Å². The third-order valence-corrected chi connectivity index (χ3v) is 8.55. The van der Waals surface area contributed by atoms with Gasteiger partial charge in [0.2, 0.25) is 0 Å². The lowest BCUT2D eigenvalue weighted by Gasteiger charge is -2.16. The van der Waals surface area contributed by atoms with Crippen LogP contribution in [0.3, 0.4) is 0 Å². The number of allylic oxidation sites excluding steroid dienone is 1. The maximum atomic E-state index is 11.7. The van der Waals surface area contributed by atoms with Crippen LogP contribution in [-0.4, -0.2) is 49.1 Å². The largest absolute Gasteiger partial charge is 0.507 e. The number of phenols is 2. The van der Waals surface area contributed by atoms with E-state index in [1.54, 1.807) is 12.4 Å². The number of benzene rings is 6. The molecule has 1 aliphatic heterocycles. The molecule has 49 heavy (non-hydrogen) atoms. The minimum absolute atomic E-state index is 0.140. The van der Waals surface area contributed by atoms with Gasteiger partial charge in [-0.15, -0.1) is 0 Å². The minimum Gasteiger partial charge on any atom is -0.507 e. The Morgan fingerprint density at radius 2 is 0.959 bits per heavy atom. The number of hydrogen-bond donors (Lipinski definition) is 2. The predicted molar refractivity (Wildman–Crippen MR) is 197 cm³/mol. The molecule has 4 bridgehead atoms. The molecule has 6 aromatic rings. The lowest BCUT2D eigenvalue weighted by Crippen LogP contribution is -2.12. The maximum Gasteiger partial charge on any atom is 0.145 e. The highest BCUT2D eigenvalue weighted by Gasteiger charge is 2.17. The van der Waals surface area contributed by atoms with E-state index in [0.717, 1.165) is 38.2 Å². The highest BCUT2D eigenvalue weighted by atomic mass is 16.5. The van der Waals surface area contributed by atoms with Crippen molar-refractivity contribution in [1.82, 2.24) is 0 Å². The van der Waals surface area contributed by atoms with Crippen LogP contribution in [0.25, 0.3) is 21.5 Å². The van der Waals surface area contributed by atoms with Crippen LogP contribution >= 0.6 is 0 Å². The van der Waals surface area contributed by atoms with Gasteiger partial charge in [-0.05, 0) is 70.8 Å². The molecule has 0 unspecified atom stereocenters. The second-order valence-electron chi connectivity index (χ2n) is 11.9. The number of nitrogens with zero attached hydrogens (tertiary/aromatic N) is 2. The summed E-state index contributed by atoms with van der Waals surface area (Å²) in [5.74, 6) is 1.51. The fourth-order valence-electron chi connectivity index (χ4n) is 6.16. The highest BCUT2D eigenvalue weighted by molar-refractivity contribution is 5.99. The molecular formula is C42H36N2O5. The summed E-state index contributed by atoms with van der Waals surface area (Å²) in [6, 6.07) is 34.9. The topological polar surface area (TPSA) is 92.9 Å². The van der Waals surface area contributed by atoms with Crippen LogP contribution in [0.5, 0.6) is 23.0 Å². The van der Waals surface area contributed by atoms with Gasteiger partial charge < -0.3 is 24.4 Å². The van der Waals surface area contributed by atoms with Crippen LogP contribution < -0.4 is 9.47 Å². The van der Waals surface area contributed by atoms with E-state index in [0.29, 0.717) is 73.3 Å². The molecule has 6 aromatic carbocycles. The van der Waals surface area contributed by atoms with Gasteiger partial charge in [-0.25, -0.2) is 0 Å². The van der Waals surface area contributed by atoms with E-state index in [1.807, 2.05) is 109 Å². The molecule has 0 aromatic heterocycles. The highest BCUT2D eigenvalue weighted by Crippen LogP contribution is 2.37. The van der Waals surface area contributed by atoms with Crippen LogP contribution in [0.1, 0.15) is 22.3 Å². The molecule has 1 aliphatic rings. The number of ether oxygens (including phenoxy) is 3.